The van der Waals surface area contributed by atoms with Crippen molar-refractivity contribution < 1.29 is 14.6 Å². The minimum Gasteiger partial charge on any atom is -0.496 e. The molecule has 0 amide bonds. The fourth-order valence-corrected chi connectivity index (χ4v) is 1.50. The Bertz CT molecular complexity index is 377. The Morgan fingerprint density at radius 3 is 2.75 bits per heavy atom. The van der Waals surface area contributed by atoms with Gasteiger partial charge in [0.15, 0.2) is 0 Å². The molecule has 0 heterocycles. The molecule has 0 radical (unpaired) electrons. The molecule has 0 aliphatic heterocycles. The lowest BCUT2D eigenvalue weighted by Gasteiger charge is -2.12. The van der Waals surface area contributed by atoms with Crippen molar-refractivity contribution in [2.75, 3.05) is 7.11 Å². The number of carboxylic acids is 1. The van der Waals surface area contributed by atoms with Crippen molar-refractivity contribution in [3.8, 4) is 5.75 Å². The summed E-state index contributed by atoms with van der Waals surface area (Å²) in [4.78, 5) is 10.7. The normalized spacial score (nSPS) is 12.2. The summed E-state index contributed by atoms with van der Waals surface area (Å²) >= 11 is 0. The Morgan fingerprint density at radius 2 is 2.25 bits per heavy atom. The average Bonchev–Trinajstić information content (AvgIpc) is 2.29. The summed E-state index contributed by atoms with van der Waals surface area (Å²) in [5, 5.41) is 8.74. The van der Waals surface area contributed by atoms with Gasteiger partial charge in [-0.1, -0.05) is 19.1 Å². The lowest BCUT2D eigenvalue weighted by atomic mass is 10.0. The topological polar surface area (TPSA) is 72.6 Å². The standard InChI is InChI=1S/C12H17NO3/c1-3-8-4-5-9(11(6-8)16-2)7-10(13)12(14)15/h4-6,10H,3,7,13H2,1-2H3,(H,14,15)/t10-/m0/s1. The largest absolute Gasteiger partial charge is 0.496 e. The van der Waals surface area contributed by atoms with Gasteiger partial charge in [-0.2, -0.15) is 0 Å². The van der Waals surface area contributed by atoms with Crippen molar-refractivity contribution in [2.45, 2.75) is 25.8 Å². The van der Waals surface area contributed by atoms with E-state index in [4.69, 9.17) is 15.6 Å². The molecule has 1 aromatic carbocycles. The predicted molar refractivity (Wildman–Crippen MR) is 61.7 cm³/mol. The Balaban J connectivity index is 2.91. The zero-order valence-corrected chi connectivity index (χ0v) is 9.56. The number of hydrogen-bond donors (Lipinski definition) is 2. The van der Waals surface area contributed by atoms with Crippen molar-refractivity contribution in [3.05, 3.63) is 29.3 Å². The number of hydrogen-bond acceptors (Lipinski definition) is 3. The number of carbonyl (C=O) groups is 1. The van der Waals surface area contributed by atoms with E-state index in [1.54, 1.807) is 7.11 Å². The monoisotopic (exact) mass is 223 g/mol. The van der Waals surface area contributed by atoms with Crippen LogP contribution in [0.25, 0.3) is 0 Å². The molecular formula is C12H17NO3. The van der Waals surface area contributed by atoms with E-state index in [-0.39, 0.29) is 6.42 Å². The van der Waals surface area contributed by atoms with Crippen LogP contribution in [0.15, 0.2) is 18.2 Å². The molecule has 3 N–H and O–H groups in total. The first kappa shape index (κ1) is 12.5. The van der Waals surface area contributed by atoms with Gasteiger partial charge in [-0.25, -0.2) is 0 Å². The van der Waals surface area contributed by atoms with Crippen LogP contribution < -0.4 is 10.5 Å². The minimum absolute atomic E-state index is 0.280. The van der Waals surface area contributed by atoms with Crippen molar-refractivity contribution in [2.24, 2.45) is 5.73 Å². The smallest absolute Gasteiger partial charge is 0.320 e. The highest BCUT2D eigenvalue weighted by Gasteiger charge is 2.14. The van der Waals surface area contributed by atoms with E-state index in [1.807, 2.05) is 18.2 Å². The molecule has 0 spiro atoms. The average molecular weight is 223 g/mol. The molecule has 0 saturated carbocycles. The summed E-state index contributed by atoms with van der Waals surface area (Å²) in [5.74, 6) is -0.294. The number of carboxylic acid groups (broad SMARTS) is 1. The Hall–Kier alpha value is -1.55. The number of nitrogens with two attached hydrogens (primary N) is 1. The summed E-state index contributed by atoms with van der Waals surface area (Å²) in [5.41, 5.74) is 7.47. The zero-order chi connectivity index (χ0) is 12.1. The second-order valence-corrected chi connectivity index (χ2v) is 3.65. The third-order valence-corrected chi connectivity index (χ3v) is 2.52. The van der Waals surface area contributed by atoms with Gasteiger partial charge in [0.05, 0.1) is 7.11 Å². The van der Waals surface area contributed by atoms with Crippen molar-refractivity contribution in [1.82, 2.24) is 0 Å². The maximum atomic E-state index is 10.7. The minimum atomic E-state index is -0.998. The van der Waals surface area contributed by atoms with E-state index in [9.17, 15) is 4.79 Å². The van der Waals surface area contributed by atoms with Crippen LogP contribution in [0.1, 0.15) is 18.1 Å². The molecule has 0 bridgehead atoms. The van der Waals surface area contributed by atoms with Gasteiger partial charge >= 0.3 is 5.97 Å². The van der Waals surface area contributed by atoms with Crippen molar-refractivity contribution in [3.63, 3.8) is 0 Å². The second-order valence-electron chi connectivity index (χ2n) is 3.65. The predicted octanol–water partition coefficient (Wildman–Crippen LogP) is 1.21. The molecule has 0 aromatic heterocycles. The Kier molecular flexibility index (Phi) is 4.31. The molecule has 0 unspecified atom stereocenters. The van der Waals surface area contributed by atoms with Gasteiger partial charge in [0.2, 0.25) is 0 Å². The molecule has 1 atom stereocenters. The maximum absolute atomic E-state index is 10.7. The first-order valence-corrected chi connectivity index (χ1v) is 5.22. The highest BCUT2D eigenvalue weighted by Crippen LogP contribution is 2.21. The Morgan fingerprint density at radius 1 is 1.56 bits per heavy atom. The van der Waals surface area contributed by atoms with E-state index in [0.717, 1.165) is 17.5 Å². The fourth-order valence-electron chi connectivity index (χ4n) is 1.50. The van der Waals surface area contributed by atoms with Crippen LogP contribution >= 0.6 is 0 Å². The van der Waals surface area contributed by atoms with Crippen LogP contribution in [0.5, 0.6) is 5.75 Å². The summed E-state index contributed by atoms with van der Waals surface area (Å²) in [6, 6.07) is 4.87. The third-order valence-electron chi connectivity index (χ3n) is 2.52. The van der Waals surface area contributed by atoms with E-state index in [1.165, 1.54) is 0 Å². The molecule has 4 heteroatoms. The lowest BCUT2D eigenvalue weighted by molar-refractivity contribution is -0.138. The van der Waals surface area contributed by atoms with Gasteiger partial charge in [-0.05, 0) is 23.6 Å². The molecule has 0 aliphatic carbocycles. The SMILES string of the molecule is CCc1ccc(C[C@H](N)C(=O)O)c(OC)c1. The maximum Gasteiger partial charge on any atom is 0.320 e. The summed E-state index contributed by atoms with van der Waals surface area (Å²) in [7, 11) is 1.57. The molecule has 0 aliphatic rings. The molecule has 1 rings (SSSR count). The van der Waals surface area contributed by atoms with E-state index < -0.39 is 12.0 Å². The molecule has 88 valence electrons. The highest BCUT2D eigenvalue weighted by molar-refractivity contribution is 5.73. The number of benzene rings is 1. The van der Waals surface area contributed by atoms with Gasteiger partial charge in [-0.15, -0.1) is 0 Å². The second kappa shape index (κ2) is 5.51. The quantitative estimate of drug-likeness (QED) is 0.787. The van der Waals surface area contributed by atoms with Crippen LogP contribution in [0, 0.1) is 0 Å². The molecule has 16 heavy (non-hydrogen) atoms. The van der Waals surface area contributed by atoms with Gasteiger partial charge in [0.25, 0.3) is 0 Å². The highest BCUT2D eigenvalue weighted by atomic mass is 16.5. The van der Waals surface area contributed by atoms with Crippen molar-refractivity contribution in [1.29, 1.82) is 0 Å². The van der Waals surface area contributed by atoms with E-state index in [0.29, 0.717) is 5.75 Å². The molecule has 1 aromatic rings. The summed E-state index contributed by atoms with van der Waals surface area (Å²) in [6.07, 6.45) is 1.20. The van der Waals surface area contributed by atoms with Crippen LogP contribution in [0.4, 0.5) is 0 Å². The third kappa shape index (κ3) is 2.97. The number of methoxy groups -OCH3 is 1. The molecular weight excluding hydrogens is 206 g/mol. The number of ether oxygens (including phenoxy) is 1. The van der Waals surface area contributed by atoms with Crippen LogP contribution in [0.3, 0.4) is 0 Å². The molecule has 4 nitrogen and oxygen atoms in total. The number of rotatable bonds is 5. The van der Waals surface area contributed by atoms with E-state index in [2.05, 4.69) is 6.92 Å². The number of aryl methyl sites for hydroxylation is 1. The van der Waals surface area contributed by atoms with Gasteiger partial charge < -0.3 is 15.6 Å². The van der Waals surface area contributed by atoms with Gasteiger partial charge in [-0.3, -0.25) is 4.79 Å². The molecule has 0 fully saturated rings. The van der Waals surface area contributed by atoms with Gasteiger partial charge in [0.1, 0.15) is 11.8 Å². The van der Waals surface area contributed by atoms with Crippen LogP contribution in [-0.4, -0.2) is 24.2 Å². The summed E-state index contributed by atoms with van der Waals surface area (Å²) < 4.78 is 5.22. The first-order valence-electron chi connectivity index (χ1n) is 5.22. The first-order chi connectivity index (χ1) is 7.58. The lowest BCUT2D eigenvalue weighted by Crippen LogP contribution is -2.32. The fraction of sp³-hybridized carbons (Fsp3) is 0.417. The van der Waals surface area contributed by atoms with Gasteiger partial charge in [0, 0.05) is 6.42 Å². The van der Waals surface area contributed by atoms with Crippen molar-refractivity contribution >= 4 is 5.97 Å². The van der Waals surface area contributed by atoms with Crippen LogP contribution in [0.2, 0.25) is 0 Å². The number of aliphatic carboxylic acids is 1. The Labute approximate surface area is 95.0 Å². The molecule has 0 saturated heterocycles. The van der Waals surface area contributed by atoms with Crippen LogP contribution in [-0.2, 0) is 17.6 Å². The zero-order valence-electron chi connectivity index (χ0n) is 9.56. The summed E-state index contributed by atoms with van der Waals surface area (Å²) in [6.45, 7) is 2.05. The van der Waals surface area contributed by atoms with E-state index >= 15 is 0 Å².